The fourth-order valence-electron chi connectivity index (χ4n) is 9.17. The number of hydrogen-bond acceptors (Lipinski definition) is 3. The van der Waals surface area contributed by atoms with Gasteiger partial charge in [0, 0.05) is 16.7 Å². The normalized spacial score (nSPS) is 11.4. The Morgan fingerprint density at radius 1 is 0.281 bits per heavy atom. The second-order valence-corrected chi connectivity index (χ2v) is 15.8. The zero-order valence-electron chi connectivity index (χ0n) is 34.4. The summed E-state index contributed by atoms with van der Waals surface area (Å²) < 4.78 is 0. The van der Waals surface area contributed by atoms with Crippen molar-refractivity contribution in [2.45, 2.75) is 0 Å². The first-order valence-electron chi connectivity index (χ1n) is 20.0. The zero-order valence-corrected chi connectivity index (χ0v) is 34.4. The Labute approximate surface area is 343 Å². The van der Waals surface area contributed by atoms with Gasteiger partial charge < -0.3 is 0 Å². The Balaban J connectivity index is 1.31. The van der Waals surface area contributed by atoms with Crippen molar-refractivity contribution in [1.29, 1.82) is 0 Å². The van der Waals surface area contributed by atoms with Gasteiger partial charge in [-0.2, -0.15) is 0 Å². The van der Waals surface area contributed by atoms with Crippen molar-refractivity contribution in [2.75, 3.05) is 0 Å². The van der Waals surface area contributed by atoms with Crippen LogP contribution >= 0.6 is 0 Å². The van der Waals surface area contributed by atoms with Gasteiger partial charge in [-0.3, -0.25) is 0 Å². The molecule has 0 amide bonds. The van der Waals surface area contributed by atoms with Gasteiger partial charge in [0.05, 0.1) is 0 Å². The lowest BCUT2D eigenvalue weighted by Gasteiger charge is -2.26. The van der Waals surface area contributed by atoms with Crippen LogP contribution < -0.4 is 49.2 Å². The standard InChI is InChI=1S/C45H38B9N3/c46-34-31-29(30-32(37(34)49)38(50)42(54)41(53)36(30)48)35(47)40(52)39(51)33(31)45-56-43(22-12-5-2-6-13-22)55-44(57-45)24-15-9-14-23(20-24)26-19-18-25(21-10-3-1-4-11-21)27-16-7-8-17-28(26)27/h1-20H,46-54H2. The molecule has 0 aliphatic carbocycles. The molecule has 0 bridgehead atoms. The molecule has 1 heterocycles. The summed E-state index contributed by atoms with van der Waals surface area (Å²) in [5.41, 5.74) is 19.6. The fraction of sp³-hybridized carbons (Fsp3) is 0. The lowest BCUT2D eigenvalue weighted by molar-refractivity contribution is 1.08. The molecule has 0 radical (unpaired) electrons. The minimum Gasteiger partial charge on any atom is -0.208 e. The van der Waals surface area contributed by atoms with Gasteiger partial charge in [-0.1, -0.05) is 154 Å². The molecule has 12 heteroatoms. The second-order valence-electron chi connectivity index (χ2n) is 15.8. The summed E-state index contributed by atoms with van der Waals surface area (Å²) in [6.45, 7) is 0. The third-order valence-electron chi connectivity index (χ3n) is 13.0. The molecule has 57 heavy (non-hydrogen) atoms. The van der Waals surface area contributed by atoms with Crippen molar-refractivity contribution in [2.24, 2.45) is 0 Å². The summed E-state index contributed by atoms with van der Waals surface area (Å²) in [5.74, 6) is 2.02. The summed E-state index contributed by atoms with van der Waals surface area (Å²) in [6.07, 6.45) is 0. The highest BCUT2D eigenvalue weighted by Crippen LogP contribution is 2.37. The van der Waals surface area contributed by atoms with E-state index >= 15 is 0 Å². The second kappa shape index (κ2) is 14.3. The van der Waals surface area contributed by atoms with Crippen molar-refractivity contribution in [3.8, 4) is 56.4 Å². The van der Waals surface area contributed by atoms with Crippen LogP contribution in [0.3, 0.4) is 0 Å². The van der Waals surface area contributed by atoms with Gasteiger partial charge in [0.15, 0.2) is 17.5 Å². The molecule has 0 fully saturated rings. The van der Waals surface area contributed by atoms with Crippen molar-refractivity contribution in [3.63, 3.8) is 0 Å². The van der Waals surface area contributed by atoms with E-state index in [9.17, 15) is 0 Å². The summed E-state index contributed by atoms with van der Waals surface area (Å²) in [6, 6.07) is 42.9. The molecular weight excluding hydrogens is 680 g/mol. The Hall–Kier alpha value is -5.87. The van der Waals surface area contributed by atoms with Gasteiger partial charge in [0.2, 0.25) is 0 Å². The van der Waals surface area contributed by atoms with E-state index in [0.717, 1.165) is 22.3 Å². The van der Waals surface area contributed by atoms with E-state index in [1.165, 1.54) is 98.2 Å². The summed E-state index contributed by atoms with van der Waals surface area (Å²) >= 11 is 0. The Morgan fingerprint density at radius 3 is 1.30 bits per heavy atom. The Kier molecular flexibility index (Phi) is 9.19. The average molecular weight is 718 g/mol. The molecule has 0 atom stereocenters. The zero-order chi connectivity index (χ0) is 39.7. The monoisotopic (exact) mass is 719 g/mol. The molecule has 1 aromatic heterocycles. The number of rotatable bonds is 5. The summed E-state index contributed by atoms with van der Waals surface area (Å²) in [5, 5.41) is 7.72. The van der Waals surface area contributed by atoms with Gasteiger partial charge >= 0.3 is 0 Å². The first-order valence-corrected chi connectivity index (χ1v) is 20.0. The van der Waals surface area contributed by atoms with Gasteiger partial charge in [0.1, 0.15) is 70.6 Å². The Bertz CT molecular complexity index is 3120. The number of nitrogens with zero attached hydrogens (tertiary/aromatic N) is 3. The molecule has 0 N–H and O–H groups in total. The summed E-state index contributed by atoms with van der Waals surface area (Å²) in [4.78, 5) is 16.0. The first kappa shape index (κ1) is 36.8. The molecule has 9 rings (SSSR count). The van der Waals surface area contributed by atoms with Gasteiger partial charge in [-0.05, 0) is 60.6 Å². The third-order valence-corrected chi connectivity index (χ3v) is 13.0. The van der Waals surface area contributed by atoms with Gasteiger partial charge in [-0.15, -0.1) is 10.9 Å². The molecule has 8 aromatic carbocycles. The molecule has 0 saturated carbocycles. The quantitative estimate of drug-likeness (QED) is 0.135. The van der Waals surface area contributed by atoms with Crippen LogP contribution in [0.1, 0.15) is 0 Å². The first-order chi connectivity index (χ1) is 27.5. The topological polar surface area (TPSA) is 38.7 Å². The van der Waals surface area contributed by atoms with Gasteiger partial charge in [0.25, 0.3) is 0 Å². The van der Waals surface area contributed by atoms with Crippen molar-refractivity contribution in [1.82, 2.24) is 15.0 Å². The van der Waals surface area contributed by atoms with Crippen LogP contribution in [0.2, 0.25) is 0 Å². The number of hydrogen-bond donors (Lipinski definition) is 0. The average Bonchev–Trinajstić information content (AvgIpc) is 3.25. The maximum Gasteiger partial charge on any atom is 0.164 e. The Morgan fingerprint density at radius 2 is 0.684 bits per heavy atom. The lowest BCUT2D eigenvalue weighted by atomic mass is 9.58. The van der Waals surface area contributed by atoms with Crippen LogP contribution in [0.4, 0.5) is 0 Å². The van der Waals surface area contributed by atoms with Crippen LogP contribution in [-0.4, -0.2) is 85.6 Å². The number of aromatic nitrogens is 3. The highest BCUT2D eigenvalue weighted by Gasteiger charge is 2.24. The minimum atomic E-state index is 0.658. The molecule has 260 valence electrons. The fourth-order valence-corrected chi connectivity index (χ4v) is 9.17. The highest BCUT2D eigenvalue weighted by atomic mass is 15.0. The lowest BCUT2D eigenvalue weighted by Crippen LogP contribution is -2.51. The van der Waals surface area contributed by atoms with E-state index in [1.54, 1.807) is 0 Å². The van der Waals surface area contributed by atoms with Crippen molar-refractivity contribution in [3.05, 3.63) is 121 Å². The van der Waals surface area contributed by atoms with Gasteiger partial charge in [-0.25, -0.2) is 15.0 Å². The van der Waals surface area contributed by atoms with E-state index in [4.69, 9.17) is 15.0 Å². The third kappa shape index (κ3) is 5.92. The molecule has 3 nitrogen and oxygen atoms in total. The van der Waals surface area contributed by atoms with Crippen LogP contribution in [0, 0.1) is 0 Å². The minimum absolute atomic E-state index is 0.658. The SMILES string of the molecule is Bc1c(B)c(B)c2c(c1B)c(B)c(B)c1c(-c3nc(-c4ccccc4)nc(-c4cccc(-c5ccc(-c6ccccc6)c6ccccc56)c4)n3)c(B)c(B)c(B)c12. The van der Waals surface area contributed by atoms with E-state index in [0.29, 0.717) is 17.5 Å². The predicted molar refractivity (Wildman–Crippen MR) is 273 cm³/mol. The van der Waals surface area contributed by atoms with Crippen LogP contribution in [0.15, 0.2) is 121 Å². The van der Waals surface area contributed by atoms with Crippen LogP contribution in [0.25, 0.3) is 88.7 Å². The molecule has 0 saturated heterocycles. The van der Waals surface area contributed by atoms with Crippen molar-refractivity contribution < 1.29 is 0 Å². The number of fused-ring (bicyclic) bond motifs is 4. The van der Waals surface area contributed by atoms with Crippen LogP contribution in [0.5, 0.6) is 0 Å². The van der Waals surface area contributed by atoms with Crippen molar-refractivity contribution >= 4 is 152 Å². The highest BCUT2D eigenvalue weighted by molar-refractivity contribution is 6.73. The molecule has 9 aromatic rings. The molecular formula is C45H38B9N3. The summed E-state index contributed by atoms with van der Waals surface area (Å²) in [7, 11) is 20.5. The molecule has 0 aliphatic heterocycles. The smallest absolute Gasteiger partial charge is 0.164 e. The van der Waals surface area contributed by atoms with E-state index in [-0.39, 0.29) is 0 Å². The molecule has 0 unspecified atom stereocenters. The molecule has 0 spiro atoms. The van der Waals surface area contributed by atoms with E-state index in [1.807, 2.05) is 6.07 Å². The maximum atomic E-state index is 5.43. The van der Waals surface area contributed by atoms with E-state index in [2.05, 4.69) is 186 Å². The van der Waals surface area contributed by atoms with Crippen LogP contribution in [-0.2, 0) is 0 Å². The van der Waals surface area contributed by atoms with E-state index < -0.39 is 0 Å². The molecule has 0 aliphatic rings. The maximum absolute atomic E-state index is 5.43. The number of benzene rings is 8. The predicted octanol–water partition coefficient (Wildman–Crippen LogP) is -4.01. The largest absolute Gasteiger partial charge is 0.208 e.